The van der Waals surface area contributed by atoms with Gasteiger partial charge in [-0.3, -0.25) is 0 Å². The number of rotatable bonds is 5. The maximum absolute atomic E-state index is 11.1. The zero-order valence-electron chi connectivity index (χ0n) is 11.5. The molecule has 4 nitrogen and oxygen atoms in total. The molecule has 0 aliphatic carbocycles. The second-order valence-corrected chi connectivity index (χ2v) is 6.18. The van der Waals surface area contributed by atoms with Crippen LogP contribution in [0.15, 0.2) is 28.7 Å². The van der Waals surface area contributed by atoms with Crippen LogP contribution in [0.1, 0.15) is 27.2 Å². The molecule has 1 aromatic carbocycles. The number of hydrogen-bond donors (Lipinski definition) is 1. The van der Waals surface area contributed by atoms with Gasteiger partial charge in [0.05, 0.1) is 6.61 Å². The van der Waals surface area contributed by atoms with Gasteiger partial charge in [-0.1, -0.05) is 15.9 Å². The highest BCUT2D eigenvalue weighted by Crippen LogP contribution is 2.17. The van der Waals surface area contributed by atoms with Crippen molar-refractivity contribution in [3.8, 4) is 5.75 Å². The lowest BCUT2D eigenvalue weighted by Crippen LogP contribution is -2.45. The number of carbonyl (C=O) groups is 1. The Kier molecular flexibility index (Phi) is 5.66. The van der Waals surface area contributed by atoms with Gasteiger partial charge in [0.25, 0.3) is 0 Å². The lowest BCUT2D eigenvalue weighted by Gasteiger charge is -2.33. The number of benzene rings is 1. The molecule has 0 aromatic heterocycles. The minimum atomic E-state index is -0.892. The predicted octanol–water partition coefficient (Wildman–Crippen LogP) is 4.00. The largest absolute Gasteiger partial charge is 0.494 e. The van der Waals surface area contributed by atoms with Gasteiger partial charge in [-0.05, 0) is 51.5 Å². The Hall–Kier alpha value is -1.23. The summed E-state index contributed by atoms with van der Waals surface area (Å²) in [5.41, 5.74) is -0.385. The van der Waals surface area contributed by atoms with Crippen LogP contribution >= 0.6 is 15.9 Å². The van der Waals surface area contributed by atoms with Crippen molar-refractivity contribution in [2.24, 2.45) is 0 Å². The first-order valence-electron chi connectivity index (χ1n) is 6.19. The molecule has 106 valence electrons. The Balaban J connectivity index is 2.37. The Morgan fingerprint density at radius 1 is 1.32 bits per heavy atom. The average Bonchev–Trinajstić information content (AvgIpc) is 2.29. The fraction of sp³-hybridized carbons (Fsp3) is 0.500. The molecule has 1 rings (SSSR count). The first-order valence-corrected chi connectivity index (χ1v) is 6.99. The Morgan fingerprint density at radius 2 is 1.89 bits per heavy atom. The van der Waals surface area contributed by atoms with Crippen molar-refractivity contribution in [3.63, 3.8) is 0 Å². The molecule has 0 atom stereocenters. The van der Waals surface area contributed by atoms with Gasteiger partial charge in [0.1, 0.15) is 5.75 Å². The van der Waals surface area contributed by atoms with E-state index in [1.807, 2.05) is 45.0 Å². The van der Waals surface area contributed by atoms with E-state index in [0.717, 1.165) is 10.2 Å². The van der Waals surface area contributed by atoms with E-state index < -0.39 is 6.09 Å². The minimum absolute atomic E-state index is 0.385. The Labute approximate surface area is 122 Å². The quantitative estimate of drug-likeness (QED) is 0.830. The molecule has 0 radical (unpaired) electrons. The summed E-state index contributed by atoms with van der Waals surface area (Å²) in [7, 11) is 0. The van der Waals surface area contributed by atoms with E-state index in [-0.39, 0.29) is 5.54 Å². The van der Waals surface area contributed by atoms with Crippen molar-refractivity contribution in [2.45, 2.75) is 32.7 Å². The van der Waals surface area contributed by atoms with Gasteiger partial charge >= 0.3 is 6.09 Å². The molecular weight excluding hydrogens is 310 g/mol. The minimum Gasteiger partial charge on any atom is -0.494 e. The Morgan fingerprint density at radius 3 is 2.37 bits per heavy atom. The van der Waals surface area contributed by atoms with E-state index in [4.69, 9.17) is 9.84 Å². The molecule has 5 heteroatoms. The summed E-state index contributed by atoms with van der Waals surface area (Å²) in [6.07, 6.45) is -0.226. The third kappa shape index (κ3) is 5.51. The number of amides is 1. The van der Waals surface area contributed by atoms with Crippen LogP contribution in [0, 0.1) is 0 Å². The smallest absolute Gasteiger partial charge is 0.407 e. The van der Waals surface area contributed by atoms with Crippen molar-refractivity contribution >= 4 is 22.0 Å². The van der Waals surface area contributed by atoms with Gasteiger partial charge in [-0.25, -0.2) is 4.79 Å². The van der Waals surface area contributed by atoms with E-state index in [0.29, 0.717) is 19.6 Å². The second-order valence-electron chi connectivity index (χ2n) is 5.26. The number of carboxylic acid groups (broad SMARTS) is 1. The fourth-order valence-electron chi connectivity index (χ4n) is 1.66. The molecule has 0 aliphatic heterocycles. The van der Waals surface area contributed by atoms with Gasteiger partial charge in [0.15, 0.2) is 0 Å². The van der Waals surface area contributed by atoms with Gasteiger partial charge in [0.2, 0.25) is 0 Å². The van der Waals surface area contributed by atoms with Crippen molar-refractivity contribution in [3.05, 3.63) is 28.7 Å². The zero-order valence-corrected chi connectivity index (χ0v) is 13.1. The summed E-state index contributed by atoms with van der Waals surface area (Å²) < 4.78 is 6.57. The molecule has 0 saturated carbocycles. The first kappa shape index (κ1) is 15.8. The van der Waals surface area contributed by atoms with Gasteiger partial charge in [-0.2, -0.15) is 0 Å². The molecule has 0 aliphatic rings. The number of hydrogen-bond acceptors (Lipinski definition) is 2. The highest BCUT2D eigenvalue weighted by atomic mass is 79.9. The fourth-order valence-corrected chi connectivity index (χ4v) is 1.93. The average molecular weight is 330 g/mol. The Bertz CT molecular complexity index is 412. The summed E-state index contributed by atoms with van der Waals surface area (Å²) in [5.74, 6) is 0.792. The molecule has 0 heterocycles. The second kappa shape index (κ2) is 6.80. The van der Waals surface area contributed by atoms with Crippen molar-refractivity contribution in [1.82, 2.24) is 4.90 Å². The van der Waals surface area contributed by atoms with Crippen LogP contribution in [0.4, 0.5) is 4.79 Å². The zero-order chi connectivity index (χ0) is 14.5. The van der Waals surface area contributed by atoms with Crippen LogP contribution in [-0.4, -0.2) is 34.8 Å². The summed E-state index contributed by atoms with van der Waals surface area (Å²) >= 11 is 3.36. The number of halogens is 1. The van der Waals surface area contributed by atoms with E-state index in [1.54, 1.807) is 0 Å². The summed E-state index contributed by atoms with van der Waals surface area (Å²) in [6.45, 7) is 6.63. The van der Waals surface area contributed by atoms with Gasteiger partial charge in [0, 0.05) is 16.6 Å². The van der Waals surface area contributed by atoms with Crippen LogP contribution in [0.25, 0.3) is 0 Å². The van der Waals surface area contributed by atoms with Crippen LogP contribution in [-0.2, 0) is 0 Å². The molecule has 0 saturated heterocycles. The van der Waals surface area contributed by atoms with Crippen molar-refractivity contribution < 1.29 is 14.6 Å². The van der Waals surface area contributed by atoms with Gasteiger partial charge < -0.3 is 14.7 Å². The van der Waals surface area contributed by atoms with E-state index >= 15 is 0 Å². The standard InChI is InChI=1S/C14H20BrNO3/c1-14(2,3)16(13(17)18)9-4-10-19-12-7-5-11(15)6-8-12/h5-8H,4,9-10H2,1-3H3,(H,17,18). The van der Waals surface area contributed by atoms with Gasteiger partial charge in [-0.15, -0.1) is 0 Å². The lowest BCUT2D eigenvalue weighted by atomic mass is 10.1. The normalized spacial score (nSPS) is 11.2. The van der Waals surface area contributed by atoms with E-state index in [2.05, 4.69) is 15.9 Å². The third-order valence-electron chi connectivity index (χ3n) is 2.65. The van der Waals surface area contributed by atoms with Crippen LogP contribution in [0.2, 0.25) is 0 Å². The SMILES string of the molecule is CC(C)(C)N(CCCOc1ccc(Br)cc1)C(=O)O. The van der Waals surface area contributed by atoms with Crippen LogP contribution in [0.3, 0.4) is 0 Å². The summed E-state index contributed by atoms with van der Waals surface area (Å²) in [6, 6.07) is 7.58. The van der Waals surface area contributed by atoms with E-state index in [9.17, 15) is 4.79 Å². The highest BCUT2D eigenvalue weighted by molar-refractivity contribution is 9.10. The molecule has 19 heavy (non-hydrogen) atoms. The predicted molar refractivity (Wildman–Crippen MR) is 78.7 cm³/mol. The summed E-state index contributed by atoms with van der Waals surface area (Å²) in [4.78, 5) is 12.6. The molecular formula is C14H20BrNO3. The van der Waals surface area contributed by atoms with E-state index in [1.165, 1.54) is 4.90 Å². The van der Waals surface area contributed by atoms with Crippen molar-refractivity contribution in [2.75, 3.05) is 13.2 Å². The number of ether oxygens (including phenoxy) is 1. The lowest BCUT2D eigenvalue weighted by molar-refractivity contribution is 0.0962. The molecule has 1 amide bonds. The molecule has 0 fully saturated rings. The molecule has 0 spiro atoms. The summed E-state index contributed by atoms with van der Waals surface area (Å²) in [5, 5.41) is 9.14. The third-order valence-corrected chi connectivity index (χ3v) is 3.18. The number of nitrogens with zero attached hydrogens (tertiary/aromatic N) is 1. The highest BCUT2D eigenvalue weighted by Gasteiger charge is 2.25. The maximum Gasteiger partial charge on any atom is 0.407 e. The topological polar surface area (TPSA) is 49.8 Å². The molecule has 0 bridgehead atoms. The van der Waals surface area contributed by atoms with Crippen molar-refractivity contribution in [1.29, 1.82) is 0 Å². The molecule has 1 aromatic rings. The van der Waals surface area contributed by atoms with Crippen LogP contribution < -0.4 is 4.74 Å². The molecule has 1 N–H and O–H groups in total. The molecule has 0 unspecified atom stereocenters. The van der Waals surface area contributed by atoms with Crippen LogP contribution in [0.5, 0.6) is 5.75 Å². The monoisotopic (exact) mass is 329 g/mol. The maximum atomic E-state index is 11.1. The first-order chi connectivity index (χ1) is 8.80.